The number of non-ortho nitro benzene ring substituents is 1. The number of benzene rings is 3. The lowest BCUT2D eigenvalue weighted by atomic mass is 10.0. The van der Waals surface area contributed by atoms with Crippen LogP contribution in [0.3, 0.4) is 0 Å². The molecule has 3 aromatic carbocycles. The molecule has 0 saturated heterocycles. The van der Waals surface area contributed by atoms with Crippen molar-refractivity contribution in [1.29, 1.82) is 0 Å². The van der Waals surface area contributed by atoms with Crippen LogP contribution >= 0.6 is 0 Å². The molecule has 0 bridgehead atoms. The highest BCUT2D eigenvalue weighted by molar-refractivity contribution is 6.24. The molecule has 1 N–H and O–H groups in total. The fourth-order valence-electron chi connectivity index (χ4n) is 2.74. The van der Waals surface area contributed by atoms with Gasteiger partial charge in [0.15, 0.2) is 0 Å². The quantitative estimate of drug-likeness (QED) is 0.205. The summed E-state index contributed by atoms with van der Waals surface area (Å²) in [6.45, 7) is 0.654. The lowest BCUT2D eigenvalue weighted by Crippen LogP contribution is -2.28. The minimum absolute atomic E-state index is 0.0252. The normalized spacial score (nSPS) is 11.0. The number of rotatable bonds is 8. The smallest absolute Gasteiger partial charge is 0.270 e. The van der Waals surface area contributed by atoms with Crippen molar-refractivity contribution in [2.75, 3.05) is 13.2 Å². The van der Waals surface area contributed by atoms with Gasteiger partial charge in [-0.05, 0) is 29.3 Å². The lowest BCUT2D eigenvalue weighted by Gasteiger charge is -2.11. The van der Waals surface area contributed by atoms with E-state index in [1.807, 2.05) is 60.7 Å². The Kier molecular flexibility index (Phi) is 6.73. The van der Waals surface area contributed by atoms with Crippen LogP contribution in [0.5, 0.6) is 5.75 Å². The first-order chi connectivity index (χ1) is 14.1. The summed E-state index contributed by atoms with van der Waals surface area (Å²) < 4.78 is 5.59. The first-order valence-corrected chi connectivity index (χ1v) is 9.11. The Morgan fingerprint density at radius 2 is 1.66 bits per heavy atom. The highest BCUT2D eigenvalue weighted by atomic mass is 16.6. The minimum atomic E-state index is -0.458. The molecule has 6 nitrogen and oxygen atoms in total. The van der Waals surface area contributed by atoms with Crippen LogP contribution in [0.2, 0.25) is 0 Å². The van der Waals surface area contributed by atoms with Gasteiger partial charge in [0.25, 0.3) is 11.6 Å². The molecule has 0 aliphatic heterocycles. The van der Waals surface area contributed by atoms with E-state index in [0.29, 0.717) is 24.3 Å². The third-order valence-corrected chi connectivity index (χ3v) is 4.12. The molecule has 3 aromatic rings. The Morgan fingerprint density at radius 1 is 0.966 bits per heavy atom. The molecule has 0 saturated carbocycles. The molecular formula is C23H20N2O4. The number of nitrogens with one attached hydrogen (secondary N) is 1. The number of hydrogen-bond donors (Lipinski definition) is 1. The van der Waals surface area contributed by atoms with E-state index in [2.05, 4.69) is 5.32 Å². The molecule has 0 spiro atoms. The first-order valence-electron chi connectivity index (χ1n) is 9.11. The molecule has 146 valence electrons. The van der Waals surface area contributed by atoms with Crippen LogP contribution in [0.1, 0.15) is 11.1 Å². The molecule has 0 heterocycles. The van der Waals surface area contributed by atoms with E-state index in [1.165, 1.54) is 12.1 Å². The van der Waals surface area contributed by atoms with Gasteiger partial charge in [-0.15, -0.1) is 0 Å². The monoisotopic (exact) mass is 388 g/mol. The molecule has 3 rings (SSSR count). The minimum Gasteiger partial charge on any atom is -0.492 e. The number of para-hydroxylation sites is 1. The second-order valence-electron chi connectivity index (χ2n) is 6.19. The van der Waals surface area contributed by atoms with Crippen molar-refractivity contribution in [3.05, 3.63) is 106 Å². The van der Waals surface area contributed by atoms with Gasteiger partial charge in [0.1, 0.15) is 12.4 Å². The second-order valence-corrected chi connectivity index (χ2v) is 6.19. The van der Waals surface area contributed by atoms with E-state index >= 15 is 0 Å². The molecular weight excluding hydrogens is 368 g/mol. The predicted molar refractivity (Wildman–Crippen MR) is 112 cm³/mol. The summed E-state index contributed by atoms with van der Waals surface area (Å²) in [6, 6.07) is 24.7. The number of carbonyl (C=O) groups excluding carboxylic acids is 1. The van der Waals surface area contributed by atoms with Crippen molar-refractivity contribution in [1.82, 2.24) is 5.32 Å². The van der Waals surface area contributed by atoms with Crippen LogP contribution in [0.4, 0.5) is 5.69 Å². The van der Waals surface area contributed by atoms with Gasteiger partial charge in [-0.3, -0.25) is 14.9 Å². The van der Waals surface area contributed by atoms with Crippen molar-refractivity contribution < 1.29 is 14.5 Å². The SMILES string of the molecule is O=C(NCCOc1ccccc1)/C(=C/c1cccc([N+](=O)[O-])c1)c1ccccc1. The van der Waals surface area contributed by atoms with Crippen LogP contribution in [0, 0.1) is 10.1 Å². The maximum absolute atomic E-state index is 12.8. The Labute approximate surface area is 168 Å². The maximum Gasteiger partial charge on any atom is 0.270 e. The van der Waals surface area contributed by atoms with E-state index in [0.717, 1.165) is 11.3 Å². The van der Waals surface area contributed by atoms with Crippen LogP contribution in [0.15, 0.2) is 84.9 Å². The van der Waals surface area contributed by atoms with Gasteiger partial charge in [-0.25, -0.2) is 0 Å². The summed E-state index contributed by atoms with van der Waals surface area (Å²) in [5.74, 6) is 0.455. The Bertz CT molecular complexity index is 1000. The number of hydrogen-bond acceptors (Lipinski definition) is 4. The molecule has 0 radical (unpaired) electrons. The van der Waals surface area contributed by atoms with Gasteiger partial charge in [0, 0.05) is 17.7 Å². The Hall–Kier alpha value is -3.93. The summed E-state index contributed by atoms with van der Waals surface area (Å²) in [6.07, 6.45) is 1.65. The third-order valence-electron chi connectivity index (χ3n) is 4.12. The highest BCUT2D eigenvalue weighted by Crippen LogP contribution is 2.21. The zero-order valence-corrected chi connectivity index (χ0v) is 15.7. The first kappa shape index (κ1) is 19.8. The van der Waals surface area contributed by atoms with E-state index in [9.17, 15) is 14.9 Å². The van der Waals surface area contributed by atoms with E-state index in [4.69, 9.17) is 4.74 Å². The zero-order chi connectivity index (χ0) is 20.5. The van der Waals surface area contributed by atoms with Crippen molar-refractivity contribution in [2.24, 2.45) is 0 Å². The average molecular weight is 388 g/mol. The largest absolute Gasteiger partial charge is 0.492 e. The number of nitro benzene ring substituents is 1. The zero-order valence-electron chi connectivity index (χ0n) is 15.7. The van der Waals surface area contributed by atoms with Crippen molar-refractivity contribution >= 4 is 23.2 Å². The van der Waals surface area contributed by atoms with Gasteiger partial charge in [-0.1, -0.05) is 60.7 Å². The summed E-state index contributed by atoms with van der Waals surface area (Å²) >= 11 is 0. The van der Waals surface area contributed by atoms with Crippen LogP contribution in [0.25, 0.3) is 11.6 Å². The number of amides is 1. The molecule has 6 heteroatoms. The summed E-state index contributed by atoms with van der Waals surface area (Å²) in [4.78, 5) is 23.4. The molecule has 0 aliphatic rings. The summed E-state index contributed by atoms with van der Waals surface area (Å²) in [5, 5.41) is 13.9. The molecule has 0 atom stereocenters. The van der Waals surface area contributed by atoms with Gasteiger partial charge in [-0.2, -0.15) is 0 Å². The molecule has 0 fully saturated rings. The van der Waals surface area contributed by atoms with Crippen LogP contribution < -0.4 is 10.1 Å². The highest BCUT2D eigenvalue weighted by Gasteiger charge is 2.13. The molecule has 0 unspecified atom stereocenters. The van der Waals surface area contributed by atoms with E-state index in [-0.39, 0.29) is 11.6 Å². The molecule has 1 amide bonds. The topological polar surface area (TPSA) is 81.5 Å². The lowest BCUT2D eigenvalue weighted by molar-refractivity contribution is -0.384. The second kappa shape index (κ2) is 9.85. The van der Waals surface area contributed by atoms with Gasteiger partial charge in [0.2, 0.25) is 0 Å². The van der Waals surface area contributed by atoms with E-state index in [1.54, 1.807) is 18.2 Å². The average Bonchev–Trinajstić information content (AvgIpc) is 2.76. The van der Waals surface area contributed by atoms with Gasteiger partial charge in [0.05, 0.1) is 11.5 Å². The number of nitro groups is 1. The van der Waals surface area contributed by atoms with E-state index < -0.39 is 4.92 Å². The van der Waals surface area contributed by atoms with Crippen molar-refractivity contribution in [3.8, 4) is 5.75 Å². The maximum atomic E-state index is 12.8. The van der Waals surface area contributed by atoms with Gasteiger partial charge >= 0.3 is 0 Å². The fourth-order valence-corrected chi connectivity index (χ4v) is 2.74. The fraction of sp³-hybridized carbons (Fsp3) is 0.0870. The van der Waals surface area contributed by atoms with Crippen molar-refractivity contribution in [3.63, 3.8) is 0 Å². The molecule has 0 aliphatic carbocycles. The molecule has 0 aromatic heterocycles. The van der Waals surface area contributed by atoms with Crippen molar-refractivity contribution in [2.45, 2.75) is 0 Å². The van der Waals surface area contributed by atoms with Gasteiger partial charge < -0.3 is 10.1 Å². The summed E-state index contributed by atoms with van der Waals surface area (Å²) in [7, 11) is 0. The molecule has 29 heavy (non-hydrogen) atoms. The van der Waals surface area contributed by atoms with Crippen LogP contribution in [-0.4, -0.2) is 24.0 Å². The number of carbonyl (C=O) groups is 1. The standard InChI is InChI=1S/C23H20N2O4/c26-23(24-14-15-29-21-12-5-2-6-13-21)22(19-9-3-1-4-10-19)17-18-8-7-11-20(16-18)25(27)28/h1-13,16-17H,14-15H2,(H,24,26)/b22-17+. The third kappa shape index (κ3) is 5.77. The number of ether oxygens (including phenoxy) is 1. The predicted octanol–water partition coefficient (Wildman–Crippen LogP) is 4.33. The number of nitrogens with zero attached hydrogens (tertiary/aromatic N) is 1. The summed E-state index contributed by atoms with van der Waals surface area (Å²) in [5.41, 5.74) is 1.70. The Morgan fingerprint density at radius 3 is 2.34 bits per heavy atom. The Balaban J connectivity index is 1.74. The van der Waals surface area contributed by atoms with Crippen LogP contribution in [-0.2, 0) is 4.79 Å².